The minimum atomic E-state index is 0.135. The monoisotopic (exact) mass is 142 g/mol. The molecule has 9 heavy (non-hydrogen) atoms. The molecule has 0 N–H and O–H groups in total. The summed E-state index contributed by atoms with van der Waals surface area (Å²) in [6, 6.07) is 0. The number of rotatable bonds is 0. The highest BCUT2D eigenvalue weighted by Crippen LogP contribution is 2.30. The van der Waals surface area contributed by atoms with Crippen LogP contribution in [0.3, 0.4) is 0 Å². The van der Waals surface area contributed by atoms with Crippen LogP contribution in [-0.4, -0.2) is 5.38 Å². The van der Waals surface area contributed by atoms with E-state index in [0.29, 0.717) is 0 Å². The topological polar surface area (TPSA) is 0 Å². The van der Waals surface area contributed by atoms with Crippen molar-refractivity contribution in [2.45, 2.75) is 19.2 Å². The second-order valence-electron chi connectivity index (χ2n) is 2.97. The third-order valence-electron chi connectivity index (χ3n) is 1.63. The molecular formula is C8H11Cl. The van der Waals surface area contributed by atoms with Gasteiger partial charge in [0.25, 0.3) is 0 Å². The molecule has 0 aromatic heterocycles. The maximum absolute atomic E-state index is 5.97. The molecule has 0 nitrogen and oxygen atoms in total. The van der Waals surface area contributed by atoms with Crippen molar-refractivity contribution >= 4 is 11.6 Å². The van der Waals surface area contributed by atoms with Crippen LogP contribution in [0.25, 0.3) is 0 Å². The molecule has 0 aromatic carbocycles. The Kier molecular flexibility index (Phi) is 1.67. The largest absolute Gasteiger partial charge is 0.118 e. The van der Waals surface area contributed by atoms with Crippen LogP contribution < -0.4 is 0 Å². The van der Waals surface area contributed by atoms with Crippen LogP contribution in [0.2, 0.25) is 0 Å². The van der Waals surface area contributed by atoms with Crippen LogP contribution in [0.1, 0.15) is 13.8 Å². The van der Waals surface area contributed by atoms with E-state index in [0.717, 1.165) is 0 Å². The van der Waals surface area contributed by atoms with Gasteiger partial charge in [-0.15, -0.1) is 11.6 Å². The number of halogens is 1. The predicted octanol–water partition coefficient (Wildman–Crippen LogP) is 2.75. The summed E-state index contributed by atoms with van der Waals surface area (Å²) >= 11 is 5.97. The average Bonchev–Trinajstić information content (AvgIpc) is 1.77. The van der Waals surface area contributed by atoms with E-state index in [1.54, 1.807) is 0 Å². The summed E-state index contributed by atoms with van der Waals surface area (Å²) in [6.07, 6.45) is 8.17. The molecule has 1 rings (SSSR count). The van der Waals surface area contributed by atoms with E-state index in [-0.39, 0.29) is 10.8 Å². The second-order valence-corrected chi connectivity index (χ2v) is 3.44. The third kappa shape index (κ3) is 1.36. The maximum atomic E-state index is 5.97. The molecule has 50 valence electrons. The normalized spacial score (nSPS) is 30.8. The summed E-state index contributed by atoms with van der Waals surface area (Å²) in [5.74, 6) is 0. The van der Waals surface area contributed by atoms with Crippen LogP contribution in [0.4, 0.5) is 0 Å². The summed E-state index contributed by atoms with van der Waals surface area (Å²) in [6.45, 7) is 4.26. The predicted molar refractivity (Wildman–Crippen MR) is 41.7 cm³/mol. The van der Waals surface area contributed by atoms with E-state index in [2.05, 4.69) is 19.9 Å². The minimum Gasteiger partial charge on any atom is -0.118 e. The summed E-state index contributed by atoms with van der Waals surface area (Å²) in [5.41, 5.74) is 0.135. The molecule has 1 heteroatoms. The first-order valence-corrected chi connectivity index (χ1v) is 3.57. The van der Waals surface area contributed by atoms with Crippen molar-refractivity contribution in [1.29, 1.82) is 0 Å². The highest BCUT2D eigenvalue weighted by Gasteiger charge is 2.23. The molecule has 0 saturated heterocycles. The van der Waals surface area contributed by atoms with Crippen molar-refractivity contribution in [2.75, 3.05) is 0 Å². The standard InChI is InChI=1S/C8H11Cl/c1-8(2)6-4-3-5-7(8)9/h3-7H,1-2H3. The Labute approximate surface area is 61.2 Å². The highest BCUT2D eigenvalue weighted by molar-refractivity contribution is 6.22. The molecule has 1 aliphatic rings. The van der Waals surface area contributed by atoms with Gasteiger partial charge in [0.2, 0.25) is 0 Å². The zero-order valence-electron chi connectivity index (χ0n) is 5.76. The Morgan fingerprint density at radius 2 is 2.00 bits per heavy atom. The van der Waals surface area contributed by atoms with E-state index in [9.17, 15) is 0 Å². The molecule has 0 bridgehead atoms. The fraction of sp³-hybridized carbons (Fsp3) is 0.500. The first kappa shape index (κ1) is 6.88. The van der Waals surface area contributed by atoms with Crippen molar-refractivity contribution in [3.8, 4) is 0 Å². The van der Waals surface area contributed by atoms with Crippen molar-refractivity contribution in [3.63, 3.8) is 0 Å². The SMILES string of the molecule is CC1(C)C=CC=CC1Cl. The van der Waals surface area contributed by atoms with Crippen LogP contribution in [0.5, 0.6) is 0 Å². The first-order valence-electron chi connectivity index (χ1n) is 3.13. The molecule has 0 radical (unpaired) electrons. The van der Waals surface area contributed by atoms with E-state index in [4.69, 9.17) is 11.6 Å². The van der Waals surface area contributed by atoms with Gasteiger partial charge >= 0.3 is 0 Å². The van der Waals surface area contributed by atoms with Gasteiger partial charge in [0.15, 0.2) is 0 Å². The molecule has 0 aromatic rings. The Balaban J connectivity index is 2.78. The van der Waals surface area contributed by atoms with Crippen LogP contribution >= 0.6 is 11.6 Å². The van der Waals surface area contributed by atoms with E-state index in [1.807, 2.05) is 18.2 Å². The molecule has 0 spiro atoms. The lowest BCUT2D eigenvalue weighted by atomic mass is 9.86. The molecule has 0 saturated carbocycles. The molecule has 0 aliphatic heterocycles. The lowest BCUT2D eigenvalue weighted by Gasteiger charge is -2.25. The van der Waals surface area contributed by atoms with Gasteiger partial charge in [-0.3, -0.25) is 0 Å². The number of hydrogen-bond acceptors (Lipinski definition) is 0. The first-order chi connectivity index (χ1) is 4.13. The lowest BCUT2D eigenvalue weighted by molar-refractivity contribution is 0.491. The van der Waals surface area contributed by atoms with Crippen molar-refractivity contribution < 1.29 is 0 Å². The van der Waals surface area contributed by atoms with Gasteiger partial charge in [0, 0.05) is 5.41 Å². The summed E-state index contributed by atoms with van der Waals surface area (Å²) in [5, 5.41) is 0.155. The molecule has 0 fully saturated rings. The number of alkyl halides is 1. The van der Waals surface area contributed by atoms with Crippen LogP contribution in [-0.2, 0) is 0 Å². The van der Waals surface area contributed by atoms with Gasteiger partial charge in [-0.05, 0) is 0 Å². The molecule has 0 heterocycles. The second kappa shape index (κ2) is 2.18. The number of allylic oxidation sites excluding steroid dienone is 4. The maximum Gasteiger partial charge on any atom is 0.0604 e. The van der Waals surface area contributed by atoms with E-state index >= 15 is 0 Å². The molecule has 0 amide bonds. The molecule has 1 aliphatic carbocycles. The zero-order valence-corrected chi connectivity index (χ0v) is 6.52. The van der Waals surface area contributed by atoms with Crippen molar-refractivity contribution in [2.24, 2.45) is 5.41 Å². The summed E-state index contributed by atoms with van der Waals surface area (Å²) < 4.78 is 0. The Morgan fingerprint density at radius 1 is 1.33 bits per heavy atom. The fourth-order valence-corrected chi connectivity index (χ4v) is 0.962. The molecule has 1 atom stereocenters. The smallest absolute Gasteiger partial charge is 0.0604 e. The van der Waals surface area contributed by atoms with Gasteiger partial charge in [-0.25, -0.2) is 0 Å². The van der Waals surface area contributed by atoms with E-state index < -0.39 is 0 Å². The zero-order chi connectivity index (χ0) is 6.91. The van der Waals surface area contributed by atoms with Crippen molar-refractivity contribution in [3.05, 3.63) is 24.3 Å². The third-order valence-corrected chi connectivity index (χ3v) is 2.34. The van der Waals surface area contributed by atoms with Gasteiger partial charge in [0.05, 0.1) is 5.38 Å². The van der Waals surface area contributed by atoms with E-state index in [1.165, 1.54) is 0 Å². The minimum absolute atomic E-state index is 0.135. The lowest BCUT2D eigenvalue weighted by Crippen LogP contribution is -2.21. The Morgan fingerprint density at radius 3 is 2.33 bits per heavy atom. The average molecular weight is 143 g/mol. The van der Waals surface area contributed by atoms with Crippen LogP contribution in [0.15, 0.2) is 24.3 Å². The van der Waals surface area contributed by atoms with Crippen molar-refractivity contribution in [1.82, 2.24) is 0 Å². The Bertz CT molecular complexity index is 154. The molecular weight excluding hydrogens is 132 g/mol. The Hall–Kier alpha value is -0.230. The van der Waals surface area contributed by atoms with Gasteiger partial charge in [-0.2, -0.15) is 0 Å². The van der Waals surface area contributed by atoms with Crippen LogP contribution in [0, 0.1) is 5.41 Å². The van der Waals surface area contributed by atoms with Gasteiger partial charge in [0.1, 0.15) is 0 Å². The quantitative estimate of drug-likeness (QED) is 0.457. The number of hydrogen-bond donors (Lipinski definition) is 0. The molecule has 1 unspecified atom stereocenters. The van der Waals surface area contributed by atoms with Gasteiger partial charge in [-0.1, -0.05) is 38.2 Å². The summed E-state index contributed by atoms with van der Waals surface area (Å²) in [4.78, 5) is 0. The highest BCUT2D eigenvalue weighted by atomic mass is 35.5. The van der Waals surface area contributed by atoms with Gasteiger partial charge < -0.3 is 0 Å². The summed E-state index contributed by atoms with van der Waals surface area (Å²) in [7, 11) is 0. The fourth-order valence-electron chi connectivity index (χ4n) is 0.805.